The summed E-state index contributed by atoms with van der Waals surface area (Å²) in [6, 6.07) is 12.0. The number of anilines is 1. The van der Waals surface area contributed by atoms with Crippen molar-refractivity contribution in [3.63, 3.8) is 0 Å². The predicted octanol–water partition coefficient (Wildman–Crippen LogP) is 2.47. The maximum absolute atomic E-state index is 12.5. The van der Waals surface area contributed by atoms with Crippen LogP contribution in [0.15, 0.2) is 42.6 Å². The number of pyridine rings is 1. The first-order valence-electron chi connectivity index (χ1n) is 7.85. The summed E-state index contributed by atoms with van der Waals surface area (Å²) >= 11 is 0. The van der Waals surface area contributed by atoms with Gasteiger partial charge in [-0.2, -0.15) is 0 Å². The smallest absolute Gasteiger partial charge is 0.272 e. The van der Waals surface area contributed by atoms with Gasteiger partial charge in [0.25, 0.3) is 5.91 Å². The van der Waals surface area contributed by atoms with E-state index in [2.05, 4.69) is 29.4 Å². The molecule has 2 aromatic rings. The Balaban J connectivity index is 1.67. The molecule has 0 unspecified atom stereocenters. The van der Waals surface area contributed by atoms with E-state index >= 15 is 0 Å². The highest BCUT2D eigenvalue weighted by molar-refractivity contribution is 5.93. The summed E-state index contributed by atoms with van der Waals surface area (Å²) in [5.41, 5.74) is 3.87. The predicted molar refractivity (Wildman–Crippen MR) is 89.5 cm³/mol. The van der Waals surface area contributed by atoms with Gasteiger partial charge in [-0.25, -0.2) is 0 Å². The number of nitrogens with zero attached hydrogens (tertiary/aromatic N) is 2. The van der Waals surface area contributed by atoms with E-state index in [9.17, 15) is 4.79 Å². The summed E-state index contributed by atoms with van der Waals surface area (Å²) in [6.07, 6.45) is 1.67. The molecule has 1 amide bonds. The second kappa shape index (κ2) is 7.24. The molecule has 0 radical (unpaired) electrons. The number of hydrogen-bond acceptors (Lipinski definition) is 4. The zero-order valence-electron chi connectivity index (χ0n) is 13.3. The fraction of sp³-hybridized carbons (Fsp3) is 0.333. The SMILES string of the molecule is Cc1ccccc1CNc1ccnc(C(=O)N2CCOCC2)c1. The van der Waals surface area contributed by atoms with Crippen LogP contribution in [-0.2, 0) is 11.3 Å². The van der Waals surface area contributed by atoms with Crippen LogP contribution in [0.5, 0.6) is 0 Å². The van der Waals surface area contributed by atoms with Crippen molar-refractivity contribution in [3.8, 4) is 0 Å². The van der Waals surface area contributed by atoms with Gasteiger partial charge in [-0.3, -0.25) is 9.78 Å². The number of benzene rings is 1. The Morgan fingerprint density at radius 2 is 2.04 bits per heavy atom. The Labute approximate surface area is 136 Å². The molecule has 1 aliphatic heterocycles. The van der Waals surface area contributed by atoms with Crippen LogP contribution in [0.2, 0.25) is 0 Å². The van der Waals surface area contributed by atoms with Gasteiger partial charge in [-0.15, -0.1) is 0 Å². The maximum atomic E-state index is 12.5. The lowest BCUT2D eigenvalue weighted by molar-refractivity contribution is 0.0299. The number of aryl methyl sites for hydroxylation is 1. The van der Waals surface area contributed by atoms with Gasteiger partial charge in [0.2, 0.25) is 0 Å². The van der Waals surface area contributed by atoms with E-state index in [0.717, 1.165) is 12.2 Å². The van der Waals surface area contributed by atoms with E-state index in [0.29, 0.717) is 32.0 Å². The van der Waals surface area contributed by atoms with Crippen LogP contribution < -0.4 is 5.32 Å². The Morgan fingerprint density at radius 1 is 1.26 bits per heavy atom. The van der Waals surface area contributed by atoms with Gasteiger partial charge < -0.3 is 15.0 Å². The van der Waals surface area contributed by atoms with Crippen molar-refractivity contribution in [3.05, 3.63) is 59.4 Å². The van der Waals surface area contributed by atoms with Crippen molar-refractivity contribution in [1.29, 1.82) is 0 Å². The zero-order chi connectivity index (χ0) is 16.1. The molecule has 0 spiro atoms. The van der Waals surface area contributed by atoms with Crippen LogP contribution in [0.1, 0.15) is 21.6 Å². The van der Waals surface area contributed by atoms with Gasteiger partial charge in [0.05, 0.1) is 13.2 Å². The quantitative estimate of drug-likeness (QED) is 0.942. The number of hydrogen-bond donors (Lipinski definition) is 1. The standard InChI is InChI=1S/C18H21N3O2/c1-14-4-2-3-5-15(14)13-20-16-6-7-19-17(12-16)18(22)21-8-10-23-11-9-21/h2-7,12H,8-11,13H2,1H3,(H,19,20). The van der Waals surface area contributed by atoms with Gasteiger partial charge in [-0.05, 0) is 30.2 Å². The summed E-state index contributed by atoms with van der Waals surface area (Å²) in [6.45, 7) is 5.26. The van der Waals surface area contributed by atoms with Gasteiger partial charge in [0.1, 0.15) is 5.69 Å². The highest BCUT2D eigenvalue weighted by atomic mass is 16.5. The molecule has 23 heavy (non-hydrogen) atoms. The van der Waals surface area contributed by atoms with Gasteiger partial charge in [0, 0.05) is 31.5 Å². The molecule has 1 saturated heterocycles. The third-order valence-corrected chi connectivity index (χ3v) is 4.02. The van der Waals surface area contributed by atoms with E-state index in [-0.39, 0.29) is 5.91 Å². The Kier molecular flexibility index (Phi) is 4.88. The number of amides is 1. The molecular weight excluding hydrogens is 290 g/mol. The lowest BCUT2D eigenvalue weighted by Gasteiger charge is -2.26. The number of rotatable bonds is 4. The van der Waals surface area contributed by atoms with Crippen molar-refractivity contribution in [1.82, 2.24) is 9.88 Å². The molecule has 0 bridgehead atoms. The Bertz CT molecular complexity index is 681. The van der Waals surface area contributed by atoms with E-state index in [1.54, 1.807) is 11.1 Å². The monoisotopic (exact) mass is 311 g/mol. The highest BCUT2D eigenvalue weighted by Crippen LogP contribution is 2.14. The molecule has 120 valence electrons. The van der Waals surface area contributed by atoms with Crippen LogP contribution in [0.4, 0.5) is 5.69 Å². The number of carbonyl (C=O) groups is 1. The summed E-state index contributed by atoms with van der Waals surface area (Å²) < 4.78 is 5.28. The first kappa shape index (κ1) is 15.5. The Hall–Kier alpha value is -2.40. The first-order valence-corrected chi connectivity index (χ1v) is 7.85. The van der Waals surface area contributed by atoms with E-state index in [1.165, 1.54) is 11.1 Å². The van der Waals surface area contributed by atoms with Crippen molar-refractivity contribution in [2.24, 2.45) is 0 Å². The molecule has 0 atom stereocenters. The van der Waals surface area contributed by atoms with E-state index < -0.39 is 0 Å². The van der Waals surface area contributed by atoms with E-state index in [1.807, 2.05) is 24.3 Å². The van der Waals surface area contributed by atoms with Crippen molar-refractivity contribution in [2.45, 2.75) is 13.5 Å². The number of morpholine rings is 1. The fourth-order valence-electron chi connectivity index (χ4n) is 2.59. The van der Waals surface area contributed by atoms with E-state index in [4.69, 9.17) is 4.74 Å². The molecule has 1 aromatic heterocycles. The minimum atomic E-state index is -0.0344. The van der Waals surface area contributed by atoms with Crippen molar-refractivity contribution in [2.75, 3.05) is 31.6 Å². The fourth-order valence-corrected chi connectivity index (χ4v) is 2.59. The molecule has 1 fully saturated rings. The number of aromatic nitrogens is 1. The largest absolute Gasteiger partial charge is 0.381 e. The molecule has 1 aliphatic rings. The second-order valence-corrected chi connectivity index (χ2v) is 5.61. The Morgan fingerprint density at radius 3 is 2.83 bits per heavy atom. The molecule has 3 rings (SSSR count). The molecule has 5 heteroatoms. The second-order valence-electron chi connectivity index (χ2n) is 5.61. The molecule has 0 saturated carbocycles. The number of ether oxygens (including phenoxy) is 1. The zero-order valence-corrected chi connectivity index (χ0v) is 13.3. The molecule has 1 N–H and O–H groups in total. The van der Waals surface area contributed by atoms with Gasteiger partial charge in [-0.1, -0.05) is 24.3 Å². The average Bonchev–Trinajstić information content (AvgIpc) is 2.61. The molecule has 0 aliphatic carbocycles. The first-order chi connectivity index (χ1) is 11.2. The number of nitrogens with one attached hydrogen (secondary N) is 1. The summed E-state index contributed by atoms with van der Waals surface area (Å²) in [4.78, 5) is 18.5. The van der Waals surface area contributed by atoms with Gasteiger partial charge in [0.15, 0.2) is 0 Å². The molecule has 2 heterocycles. The molecular formula is C18H21N3O2. The maximum Gasteiger partial charge on any atom is 0.272 e. The number of carbonyl (C=O) groups excluding carboxylic acids is 1. The lowest BCUT2D eigenvalue weighted by atomic mass is 10.1. The topological polar surface area (TPSA) is 54.5 Å². The highest BCUT2D eigenvalue weighted by Gasteiger charge is 2.19. The van der Waals surface area contributed by atoms with Crippen LogP contribution in [-0.4, -0.2) is 42.1 Å². The minimum absolute atomic E-state index is 0.0344. The third-order valence-electron chi connectivity index (χ3n) is 4.02. The average molecular weight is 311 g/mol. The lowest BCUT2D eigenvalue weighted by Crippen LogP contribution is -2.41. The summed E-state index contributed by atoms with van der Waals surface area (Å²) in [5.74, 6) is -0.0344. The van der Waals surface area contributed by atoms with Crippen molar-refractivity contribution >= 4 is 11.6 Å². The van der Waals surface area contributed by atoms with Crippen LogP contribution in [0.3, 0.4) is 0 Å². The van der Waals surface area contributed by atoms with Crippen LogP contribution in [0.25, 0.3) is 0 Å². The minimum Gasteiger partial charge on any atom is -0.381 e. The molecule has 1 aromatic carbocycles. The summed E-state index contributed by atoms with van der Waals surface area (Å²) in [7, 11) is 0. The van der Waals surface area contributed by atoms with Crippen LogP contribution in [0, 0.1) is 6.92 Å². The summed E-state index contributed by atoms with van der Waals surface area (Å²) in [5, 5.41) is 3.36. The van der Waals surface area contributed by atoms with Crippen molar-refractivity contribution < 1.29 is 9.53 Å². The van der Waals surface area contributed by atoms with Gasteiger partial charge >= 0.3 is 0 Å². The molecule has 5 nitrogen and oxygen atoms in total. The third kappa shape index (κ3) is 3.87. The van der Waals surface area contributed by atoms with Crippen LogP contribution >= 0.6 is 0 Å². The normalized spacial score (nSPS) is 14.6.